The number of nitrogens with one attached hydrogen (secondary N) is 1. The quantitative estimate of drug-likeness (QED) is 0.660. The number of aromatic nitrogens is 2. The SMILES string of the molecule is CCCCc1ccc(C(c2c[nH]nc2-c2ccco2)N2CCC(O)C2)cc1. The van der Waals surface area contributed by atoms with Gasteiger partial charge in [0.1, 0.15) is 5.69 Å². The molecule has 2 aromatic heterocycles. The lowest BCUT2D eigenvalue weighted by Gasteiger charge is -2.28. The zero-order valence-electron chi connectivity index (χ0n) is 15.8. The second-order valence-electron chi connectivity index (χ2n) is 7.35. The lowest BCUT2D eigenvalue weighted by atomic mass is 9.95. The number of unbranched alkanes of at least 4 members (excludes halogenated alkanes) is 1. The molecular formula is C22H27N3O2. The molecule has 1 aliphatic heterocycles. The van der Waals surface area contributed by atoms with Crippen LogP contribution in [-0.2, 0) is 6.42 Å². The van der Waals surface area contributed by atoms with Crippen LogP contribution < -0.4 is 0 Å². The predicted octanol–water partition coefficient (Wildman–Crippen LogP) is 4.17. The van der Waals surface area contributed by atoms with Gasteiger partial charge in [-0.3, -0.25) is 10.00 Å². The molecule has 1 aromatic carbocycles. The van der Waals surface area contributed by atoms with Crippen LogP contribution in [0.5, 0.6) is 0 Å². The number of aryl methyl sites for hydroxylation is 1. The second-order valence-corrected chi connectivity index (χ2v) is 7.35. The first-order chi connectivity index (χ1) is 13.3. The minimum Gasteiger partial charge on any atom is -0.463 e. The lowest BCUT2D eigenvalue weighted by molar-refractivity contribution is 0.167. The number of aromatic amines is 1. The Kier molecular flexibility index (Phi) is 5.41. The number of hydrogen-bond donors (Lipinski definition) is 2. The highest BCUT2D eigenvalue weighted by atomic mass is 16.3. The van der Waals surface area contributed by atoms with Gasteiger partial charge in [0.05, 0.1) is 18.4 Å². The van der Waals surface area contributed by atoms with Gasteiger partial charge in [-0.15, -0.1) is 0 Å². The third-order valence-corrected chi connectivity index (χ3v) is 5.39. The molecule has 3 aromatic rings. The van der Waals surface area contributed by atoms with Gasteiger partial charge in [0.25, 0.3) is 0 Å². The Balaban J connectivity index is 1.69. The molecule has 27 heavy (non-hydrogen) atoms. The standard InChI is InChI=1S/C22H27N3O2/c1-2-3-5-16-7-9-17(10-8-16)22(25-12-11-18(26)15-25)19-14-23-24-21(19)20-6-4-13-27-20/h4,6-10,13-14,18,22,26H,2-3,5,11-12,15H2,1H3,(H,23,24). The Morgan fingerprint density at radius 3 is 2.81 bits per heavy atom. The van der Waals surface area contributed by atoms with Gasteiger partial charge in [-0.25, -0.2) is 0 Å². The van der Waals surface area contributed by atoms with Crippen molar-refractivity contribution in [3.05, 3.63) is 65.5 Å². The Bertz CT molecular complexity index is 839. The van der Waals surface area contributed by atoms with Gasteiger partial charge in [-0.1, -0.05) is 37.6 Å². The van der Waals surface area contributed by atoms with Gasteiger partial charge in [-0.2, -0.15) is 5.10 Å². The highest BCUT2D eigenvalue weighted by molar-refractivity contribution is 5.58. The maximum Gasteiger partial charge on any atom is 0.154 e. The molecule has 0 amide bonds. The van der Waals surface area contributed by atoms with E-state index in [4.69, 9.17) is 4.42 Å². The predicted molar refractivity (Wildman–Crippen MR) is 105 cm³/mol. The largest absolute Gasteiger partial charge is 0.463 e. The highest BCUT2D eigenvalue weighted by Crippen LogP contribution is 2.36. The van der Waals surface area contributed by atoms with E-state index in [0.717, 1.165) is 36.4 Å². The van der Waals surface area contributed by atoms with Crippen LogP contribution in [-0.4, -0.2) is 39.4 Å². The van der Waals surface area contributed by atoms with Crippen LogP contribution in [0.3, 0.4) is 0 Å². The van der Waals surface area contributed by atoms with Crippen LogP contribution in [0.2, 0.25) is 0 Å². The topological polar surface area (TPSA) is 65.3 Å². The first-order valence-corrected chi connectivity index (χ1v) is 9.84. The van der Waals surface area contributed by atoms with E-state index < -0.39 is 0 Å². The first-order valence-electron chi connectivity index (χ1n) is 9.84. The molecule has 2 atom stereocenters. The molecule has 2 N–H and O–H groups in total. The van der Waals surface area contributed by atoms with Crippen molar-refractivity contribution in [2.24, 2.45) is 0 Å². The fourth-order valence-corrected chi connectivity index (χ4v) is 3.96. The minimum absolute atomic E-state index is 0.0428. The Morgan fingerprint density at radius 2 is 2.15 bits per heavy atom. The molecule has 3 heterocycles. The number of aliphatic hydroxyl groups is 1. The summed E-state index contributed by atoms with van der Waals surface area (Å²) in [7, 11) is 0. The molecule has 1 fully saturated rings. The van der Waals surface area contributed by atoms with Crippen molar-refractivity contribution < 1.29 is 9.52 Å². The van der Waals surface area contributed by atoms with E-state index >= 15 is 0 Å². The molecule has 0 spiro atoms. The number of benzene rings is 1. The third kappa shape index (κ3) is 3.84. The molecule has 0 radical (unpaired) electrons. The zero-order chi connectivity index (χ0) is 18.6. The maximum absolute atomic E-state index is 10.1. The van der Waals surface area contributed by atoms with Crippen molar-refractivity contribution in [1.82, 2.24) is 15.1 Å². The summed E-state index contributed by atoms with van der Waals surface area (Å²) in [6.07, 6.45) is 7.70. The van der Waals surface area contributed by atoms with Crippen molar-refractivity contribution in [3.8, 4) is 11.5 Å². The molecule has 142 valence electrons. The number of H-pyrrole nitrogens is 1. The van der Waals surface area contributed by atoms with Crippen LogP contribution in [0.25, 0.3) is 11.5 Å². The molecule has 0 bridgehead atoms. The summed E-state index contributed by atoms with van der Waals surface area (Å²) in [6, 6.07) is 12.8. The van der Waals surface area contributed by atoms with Crippen LogP contribution in [0.4, 0.5) is 0 Å². The molecule has 1 saturated heterocycles. The van der Waals surface area contributed by atoms with Crippen molar-refractivity contribution in [3.63, 3.8) is 0 Å². The van der Waals surface area contributed by atoms with E-state index in [-0.39, 0.29) is 12.1 Å². The summed E-state index contributed by atoms with van der Waals surface area (Å²) in [5.74, 6) is 0.760. The number of hydrogen-bond acceptors (Lipinski definition) is 4. The summed E-state index contributed by atoms with van der Waals surface area (Å²) in [5.41, 5.74) is 4.51. The second kappa shape index (κ2) is 8.11. The summed E-state index contributed by atoms with van der Waals surface area (Å²) < 4.78 is 5.60. The fraction of sp³-hybridized carbons (Fsp3) is 0.409. The first kappa shape index (κ1) is 18.0. The normalized spacial score (nSPS) is 18.8. The zero-order valence-corrected chi connectivity index (χ0v) is 15.8. The number of β-amino-alcohol motifs (C(OH)–C–C–N with tert-alkyl or cyclic N) is 1. The molecule has 0 saturated carbocycles. The minimum atomic E-state index is -0.268. The van der Waals surface area contributed by atoms with E-state index in [1.54, 1.807) is 6.26 Å². The molecule has 2 unspecified atom stereocenters. The molecular weight excluding hydrogens is 338 g/mol. The maximum atomic E-state index is 10.1. The number of nitrogens with zero attached hydrogens (tertiary/aromatic N) is 2. The van der Waals surface area contributed by atoms with Gasteiger partial charge in [-0.05, 0) is 42.5 Å². The van der Waals surface area contributed by atoms with E-state index in [2.05, 4.69) is 46.3 Å². The molecule has 4 rings (SSSR count). The third-order valence-electron chi connectivity index (χ3n) is 5.39. The van der Waals surface area contributed by atoms with Gasteiger partial charge < -0.3 is 9.52 Å². The van der Waals surface area contributed by atoms with Gasteiger partial charge in [0.15, 0.2) is 5.76 Å². The monoisotopic (exact) mass is 365 g/mol. The summed E-state index contributed by atoms with van der Waals surface area (Å²) in [6.45, 7) is 3.76. The van der Waals surface area contributed by atoms with Gasteiger partial charge in [0.2, 0.25) is 0 Å². The lowest BCUT2D eigenvalue weighted by Crippen LogP contribution is -2.28. The van der Waals surface area contributed by atoms with Crippen molar-refractivity contribution in [2.75, 3.05) is 13.1 Å². The number of rotatable bonds is 7. The number of likely N-dealkylation sites (tertiary alicyclic amines) is 1. The average molecular weight is 365 g/mol. The Hall–Kier alpha value is -2.37. The number of furan rings is 1. The van der Waals surface area contributed by atoms with E-state index in [0.29, 0.717) is 6.54 Å². The van der Waals surface area contributed by atoms with E-state index in [1.165, 1.54) is 24.0 Å². The van der Waals surface area contributed by atoms with Gasteiger partial charge >= 0.3 is 0 Å². The molecule has 5 heteroatoms. The van der Waals surface area contributed by atoms with E-state index in [9.17, 15) is 5.11 Å². The number of aliphatic hydroxyl groups excluding tert-OH is 1. The smallest absolute Gasteiger partial charge is 0.154 e. The van der Waals surface area contributed by atoms with Crippen molar-refractivity contribution in [2.45, 2.75) is 44.8 Å². The van der Waals surface area contributed by atoms with Crippen molar-refractivity contribution in [1.29, 1.82) is 0 Å². The Morgan fingerprint density at radius 1 is 1.30 bits per heavy atom. The van der Waals surface area contributed by atoms with Crippen LogP contribution >= 0.6 is 0 Å². The molecule has 5 nitrogen and oxygen atoms in total. The molecule has 1 aliphatic rings. The van der Waals surface area contributed by atoms with Gasteiger partial charge in [0, 0.05) is 24.8 Å². The molecule has 0 aliphatic carbocycles. The van der Waals surface area contributed by atoms with E-state index in [1.807, 2.05) is 18.3 Å². The van der Waals surface area contributed by atoms with Crippen LogP contribution in [0, 0.1) is 0 Å². The summed E-state index contributed by atoms with van der Waals surface area (Å²) in [4.78, 5) is 2.34. The highest BCUT2D eigenvalue weighted by Gasteiger charge is 2.32. The fourth-order valence-electron chi connectivity index (χ4n) is 3.96. The van der Waals surface area contributed by atoms with Crippen LogP contribution in [0.1, 0.15) is 48.9 Å². The average Bonchev–Trinajstić information content (AvgIpc) is 3.43. The summed E-state index contributed by atoms with van der Waals surface area (Å²) in [5, 5.41) is 17.6. The summed E-state index contributed by atoms with van der Waals surface area (Å²) >= 11 is 0. The Labute approximate surface area is 160 Å². The van der Waals surface area contributed by atoms with Crippen LogP contribution in [0.15, 0.2) is 53.3 Å². The van der Waals surface area contributed by atoms with Crippen molar-refractivity contribution >= 4 is 0 Å².